The summed E-state index contributed by atoms with van der Waals surface area (Å²) in [6.07, 6.45) is 16.8. The van der Waals surface area contributed by atoms with Crippen LogP contribution in [0.25, 0.3) is 0 Å². The molecule has 0 aromatic rings. The summed E-state index contributed by atoms with van der Waals surface area (Å²) in [6.45, 7) is 6.90. The van der Waals surface area contributed by atoms with Crippen LogP contribution in [0.4, 0.5) is 0 Å². The number of hydrogen-bond donors (Lipinski definition) is 1. The van der Waals surface area contributed by atoms with Crippen molar-refractivity contribution in [3.05, 3.63) is 5.21 Å². The largest absolute Gasteiger partial charge is 0.632 e. The van der Waals surface area contributed by atoms with Crippen LogP contribution in [0.2, 0.25) is 0 Å². The number of hydrogen-bond acceptors (Lipinski definition) is 4. The number of unbranched alkanes of at least 4 members (excludes halogenated alkanes) is 11. The number of carbonyl (C=O) groups is 2. The Labute approximate surface area is 196 Å². The fourth-order valence-electron chi connectivity index (χ4n) is 4.93. The summed E-state index contributed by atoms with van der Waals surface area (Å²) in [7, 11) is 0. The predicted molar refractivity (Wildman–Crippen MR) is 131 cm³/mol. The zero-order valence-electron chi connectivity index (χ0n) is 21.2. The topological polar surface area (TPSA) is 92.4 Å². The van der Waals surface area contributed by atoms with Crippen LogP contribution in [0.15, 0.2) is 0 Å². The highest BCUT2D eigenvalue weighted by molar-refractivity contribution is 6.09. The van der Waals surface area contributed by atoms with Gasteiger partial charge in [-0.15, -0.1) is 0 Å². The summed E-state index contributed by atoms with van der Waals surface area (Å²) in [5.41, 5.74) is 3.85. The number of carbonyl (C=O) groups excluding carboxylic acids is 2. The molecule has 1 fully saturated rings. The maximum absolute atomic E-state index is 13.4. The molecule has 6 nitrogen and oxygen atoms in total. The molecule has 1 saturated heterocycles. The second-order valence-corrected chi connectivity index (χ2v) is 10.2. The molecular weight excluding hydrogens is 404 g/mol. The van der Waals surface area contributed by atoms with Crippen molar-refractivity contribution in [1.29, 1.82) is 0 Å². The van der Waals surface area contributed by atoms with Crippen LogP contribution in [0.1, 0.15) is 117 Å². The van der Waals surface area contributed by atoms with E-state index < -0.39 is 16.1 Å². The van der Waals surface area contributed by atoms with Crippen molar-refractivity contribution in [2.45, 2.75) is 123 Å². The van der Waals surface area contributed by atoms with Crippen LogP contribution in [0.3, 0.4) is 0 Å². The Balaban J connectivity index is 2.18. The number of amides is 1. The highest BCUT2D eigenvalue weighted by Crippen LogP contribution is 2.31. The number of ketones is 1. The normalized spacial score (nSPS) is 23.5. The lowest BCUT2D eigenvalue weighted by Gasteiger charge is -2.56. The van der Waals surface area contributed by atoms with Gasteiger partial charge in [0.2, 0.25) is 5.78 Å². The van der Waals surface area contributed by atoms with E-state index in [-0.39, 0.29) is 38.5 Å². The summed E-state index contributed by atoms with van der Waals surface area (Å²) in [6, 6.07) is 0. The van der Waals surface area contributed by atoms with E-state index in [0.29, 0.717) is 12.8 Å². The first-order chi connectivity index (χ1) is 15.3. The van der Waals surface area contributed by atoms with Crippen LogP contribution in [0, 0.1) is 11.1 Å². The standard InChI is InChI=1S/C26H50N2O4/c1-4-19-28(31)20-21-32-22-26(28,25(27)30)24(29)18-16-14-12-10-8-6-5-7-9-11-13-15-17-23(2)3/h23H,4-22H2,1-3H3,(H2,27,30). The number of Topliss-reactive ketones (excluding diaryl/α,β-unsaturated/α-hetero) is 1. The minimum atomic E-state index is -1.76. The van der Waals surface area contributed by atoms with E-state index in [1.165, 1.54) is 64.2 Å². The molecule has 0 bridgehead atoms. The fraction of sp³-hybridized carbons (Fsp3) is 0.923. The van der Waals surface area contributed by atoms with E-state index in [2.05, 4.69) is 13.8 Å². The van der Waals surface area contributed by atoms with Gasteiger partial charge in [0.05, 0.1) is 13.2 Å². The molecule has 1 aliphatic heterocycles. The summed E-state index contributed by atoms with van der Waals surface area (Å²) < 4.78 is 4.55. The van der Waals surface area contributed by atoms with Gasteiger partial charge in [-0.05, 0) is 18.8 Å². The quantitative estimate of drug-likeness (QED) is 0.118. The molecule has 188 valence electrons. The van der Waals surface area contributed by atoms with E-state index >= 15 is 0 Å². The molecule has 1 amide bonds. The molecule has 0 saturated carbocycles. The second-order valence-electron chi connectivity index (χ2n) is 10.2. The maximum atomic E-state index is 13.4. The van der Waals surface area contributed by atoms with Crippen molar-refractivity contribution in [2.75, 3.05) is 26.3 Å². The van der Waals surface area contributed by atoms with Gasteiger partial charge in [-0.1, -0.05) is 97.8 Å². The molecule has 2 unspecified atom stereocenters. The average molecular weight is 455 g/mol. The third kappa shape index (κ3) is 9.11. The SMILES string of the molecule is CCC[N+]1([O-])CCOCC1(C(N)=O)C(=O)CCCCCCCCCCCCCCC(C)C. The van der Waals surface area contributed by atoms with Gasteiger partial charge in [0.15, 0.2) is 0 Å². The first kappa shape index (κ1) is 29.1. The number of nitrogens with zero attached hydrogens (tertiary/aromatic N) is 1. The highest BCUT2D eigenvalue weighted by atomic mass is 16.6. The Bertz CT molecular complexity index is 536. The zero-order chi connectivity index (χ0) is 23.9. The van der Waals surface area contributed by atoms with Crippen molar-refractivity contribution >= 4 is 11.7 Å². The Hall–Kier alpha value is -0.980. The second kappa shape index (κ2) is 15.8. The van der Waals surface area contributed by atoms with Crippen molar-refractivity contribution in [1.82, 2.24) is 0 Å². The summed E-state index contributed by atoms with van der Waals surface area (Å²) in [5.74, 6) is -0.328. The molecule has 1 heterocycles. The summed E-state index contributed by atoms with van der Waals surface area (Å²) in [4.78, 5) is 25.3. The van der Waals surface area contributed by atoms with Crippen molar-refractivity contribution in [3.63, 3.8) is 0 Å². The molecule has 0 spiro atoms. The first-order valence-electron chi connectivity index (χ1n) is 13.3. The number of rotatable bonds is 19. The van der Waals surface area contributed by atoms with E-state index in [4.69, 9.17) is 10.5 Å². The number of quaternary nitrogens is 1. The lowest BCUT2D eigenvalue weighted by atomic mass is 9.86. The number of nitrogens with two attached hydrogens (primary N) is 1. The van der Waals surface area contributed by atoms with Gasteiger partial charge in [-0.2, -0.15) is 0 Å². The first-order valence-corrected chi connectivity index (χ1v) is 13.3. The zero-order valence-corrected chi connectivity index (χ0v) is 21.2. The molecule has 0 aromatic heterocycles. The van der Waals surface area contributed by atoms with E-state index in [9.17, 15) is 14.8 Å². The molecule has 0 radical (unpaired) electrons. The molecule has 6 heteroatoms. The van der Waals surface area contributed by atoms with Gasteiger partial charge in [-0.3, -0.25) is 9.59 Å². The lowest BCUT2D eigenvalue weighted by Crippen LogP contribution is -2.76. The monoisotopic (exact) mass is 454 g/mol. The molecule has 2 atom stereocenters. The third-order valence-corrected chi connectivity index (χ3v) is 6.99. The fourth-order valence-corrected chi connectivity index (χ4v) is 4.93. The molecule has 0 aliphatic carbocycles. The van der Waals surface area contributed by atoms with E-state index in [0.717, 1.165) is 18.8 Å². The average Bonchev–Trinajstić information content (AvgIpc) is 2.73. The number of ether oxygens (including phenoxy) is 1. The number of morpholine rings is 1. The molecule has 0 aromatic carbocycles. The Morgan fingerprint density at radius 3 is 1.91 bits per heavy atom. The van der Waals surface area contributed by atoms with Crippen LogP contribution in [-0.2, 0) is 14.3 Å². The van der Waals surface area contributed by atoms with Crippen LogP contribution < -0.4 is 5.73 Å². The van der Waals surface area contributed by atoms with Crippen LogP contribution in [0.5, 0.6) is 0 Å². The van der Waals surface area contributed by atoms with Crippen molar-refractivity contribution in [3.8, 4) is 0 Å². The Morgan fingerprint density at radius 2 is 1.44 bits per heavy atom. The van der Waals surface area contributed by atoms with Crippen LogP contribution in [-0.4, -0.2) is 48.2 Å². The molecule has 32 heavy (non-hydrogen) atoms. The Morgan fingerprint density at radius 1 is 0.938 bits per heavy atom. The van der Waals surface area contributed by atoms with E-state index in [1.807, 2.05) is 6.92 Å². The molecule has 2 N–H and O–H groups in total. The molecular formula is C26H50N2O4. The lowest BCUT2D eigenvalue weighted by molar-refractivity contribution is -0.920. The number of hydroxylamine groups is 3. The van der Waals surface area contributed by atoms with Gasteiger partial charge in [0, 0.05) is 6.42 Å². The maximum Gasteiger partial charge on any atom is 0.289 e. The van der Waals surface area contributed by atoms with Crippen molar-refractivity contribution < 1.29 is 19.0 Å². The van der Waals surface area contributed by atoms with Gasteiger partial charge >= 0.3 is 0 Å². The van der Waals surface area contributed by atoms with Gasteiger partial charge in [0.25, 0.3) is 11.4 Å². The van der Waals surface area contributed by atoms with Gasteiger partial charge in [-0.25, -0.2) is 0 Å². The van der Waals surface area contributed by atoms with Gasteiger partial charge < -0.3 is 20.3 Å². The minimum absolute atomic E-state index is 0.112. The minimum Gasteiger partial charge on any atom is -0.632 e. The predicted octanol–water partition coefficient (Wildman–Crippen LogP) is 5.65. The van der Waals surface area contributed by atoms with Crippen LogP contribution >= 0.6 is 0 Å². The molecule has 1 rings (SSSR count). The summed E-state index contributed by atoms with van der Waals surface area (Å²) >= 11 is 0. The van der Waals surface area contributed by atoms with E-state index in [1.54, 1.807) is 0 Å². The van der Waals surface area contributed by atoms with Gasteiger partial charge in [0.1, 0.15) is 13.2 Å². The smallest absolute Gasteiger partial charge is 0.289 e. The van der Waals surface area contributed by atoms with Crippen molar-refractivity contribution in [2.24, 2.45) is 11.7 Å². The third-order valence-electron chi connectivity index (χ3n) is 6.99. The molecule has 1 aliphatic rings. The highest BCUT2D eigenvalue weighted by Gasteiger charge is 2.58. The summed E-state index contributed by atoms with van der Waals surface area (Å²) in [5, 5.41) is 13.4. The number of primary amides is 1. The Kier molecular flexibility index (Phi) is 14.3.